The Morgan fingerprint density at radius 3 is 2.65 bits per heavy atom. The normalized spacial score (nSPS) is 19.2. The lowest BCUT2D eigenvalue weighted by Crippen LogP contribution is -2.51. The number of hydrogen-bond donors (Lipinski definition) is 3. The maximum Gasteiger partial charge on any atom is 0.196 e. The number of ketones is 1. The van der Waals surface area contributed by atoms with Crippen molar-refractivity contribution >= 4 is 28.2 Å². The van der Waals surface area contributed by atoms with E-state index in [1.165, 1.54) is 29.2 Å². The third-order valence-electron chi connectivity index (χ3n) is 5.96. The molecule has 0 unspecified atom stereocenters. The van der Waals surface area contributed by atoms with E-state index in [0.717, 1.165) is 18.5 Å². The van der Waals surface area contributed by atoms with Crippen LogP contribution in [-0.4, -0.2) is 23.8 Å². The Labute approximate surface area is 183 Å². The Hall–Kier alpha value is -3.18. The van der Waals surface area contributed by atoms with Gasteiger partial charge in [0.15, 0.2) is 11.7 Å². The first-order valence-corrected chi connectivity index (χ1v) is 11.0. The molecular formula is C26H30N4O. The molecule has 5 heteroatoms. The third-order valence-corrected chi connectivity index (χ3v) is 5.96. The molecule has 0 heterocycles. The largest absolute Gasteiger partial charge is 0.352 e. The van der Waals surface area contributed by atoms with Crippen LogP contribution in [0.1, 0.15) is 48.5 Å². The molecule has 1 aliphatic rings. The fraction of sp³-hybridized carbons (Fsp3) is 0.308. The number of Topliss-reactive ketones (excluding diaryl/α,β-unsaturated/α-hetero) is 1. The van der Waals surface area contributed by atoms with E-state index in [-0.39, 0.29) is 17.9 Å². The van der Waals surface area contributed by atoms with Crippen LogP contribution in [0, 0.1) is 0 Å². The molecule has 1 fully saturated rings. The first-order valence-electron chi connectivity index (χ1n) is 11.0. The maximum atomic E-state index is 11.8. The summed E-state index contributed by atoms with van der Waals surface area (Å²) in [5, 5.41) is 9.36. The van der Waals surface area contributed by atoms with Gasteiger partial charge in [-0.05, 0) is 48.2 Å². The van der Waals surface area contributed by atoms with Crippen molar-refractivity contribution in [1.29, 1.82) is 0 Å². The van der Waals surface area contributed by atoms with Gasteiger partial charge in [0.25, 0.3) is 0 Å². The van der Waals surface area contributed by atoms with Crippen LogP contribution in [-0.2, 0) is 6.54 Å². The SMILES string of the molecule is CC(=O)c1cccc(NC(=NCc2cccc3ccccc23)N[C@H]2CCCC[C@@H]2N)c1. The number of hydrogen-bond acceptors (Lipinski definition) is 3. The van der Waals surface area contributed by atoms with Crippen LogP contribution in [0.25, 0.3) is 10.8 Å². The summed E-state index contributed by atoms with van der Waals surface area (Å²) in [6, 6.07) is 22.5. The van der Waals surface area contributed by atoms with Crippen LogP contribution in [0.4, 0.5) is 5.69 Å². The predicted molar refractivity (Wildman–Crippen MR) is 129 cm³/mol. The molecule has 2 atom stereocenters. The summed E-state index contributed by atoms with van der Waals surface area (Å²) >= 11 is 0. The van der Waals surface area contributed by atoms with Crippen molar-refractivity contribution in [2.24, 2.45) is 10.7 Å². The quantitative estimate of drug-likeness (QED) is 0.316. The van der Waals surface area contributed by atoms with Crippen molar-refractivity contribution in [2.75, 3.05) is 5.32 Å². The van der Waals surface area contributed by atoms with E-state index in [0.29, 0.717) is 18.1 Å². The molecule has 0 amide bonds. The number of benzene rings is 3. The fourth-order valence-electron chi connectivity index (χ4n) is 4.18. The molecule has 3 aromatic rings. The lowest BCUT2D eigenvalue weighted by Gasteiger charge is -2.30. The van der Waals surface area contributed by atoms with E-state index in [2.05, 4.69) is 53.1 Å². The third kappa shape index (κ3) is 5.30. The number of aliphatic imine (C=N–C) groups is 1. The molecule has 0 saturated heterocycles. The number of carbonyl (C=O) groups is 1. The molecule has 0 aliphatic heterocycles. The number of carbonyl (C=O) groups excluding carboxylic acids is 1. The van der Waals surface area contributed by atoms with Gasteiger partial charge < -0.3 is 16.4 Å². The minimum absolute atomic E-state index is 0.0418. The molecular weight excluding hydrogens is 384 g/mol. The molecule has 0 bridgehead atoms. The van der Waals surface area contributed by atoms with Crippen LogP contribution < -0.4 is 16.4 Å². The average molecular weight is 415 g/mol. The summed E-state index contributed by atoms with van der Waals surface area (Å²) in [4.78, 5) is 16.7. The Bertz CT molecular complexity index is 1090. The summed E-state index contributed by atoms with van der Waals surface area (Å²) in [6.45, 7) is 2.12. The summed E-state index contributed by atoms with van der Waals surface area (Å²) in [6.07, 6.45) is 4.40. The van der Waals surface area contributed by atoms with Crippen LogP contribution in [0.2, 0.25) is 0 Å². The first-order chi connectivity index (χ1) is 15.1. The van der Waals surface area contributed by atoms with Gasteiger partial charge in [-0.15, -0.1) is 0 Å². The van der Waals surface area contributed by atoms with Crippen LogP contribution in [0.15, 0.2) is 71.7 Å². The molecule has 1 saturated carbocycles. The summed E-state index contributed by atoms with van der Waals surface area (Å²) in [5.41, 5.74) is 9.06. The van der Waals surface area contributed by atoms with Gasteiger partial charge in [0.2, 0.25) is 0 Å². The van der Waals surface area contributed by atoms with E-state index >= 15 is 0 Å². The average Bonchev–Trinajstić information content (AvgIpc) is 2.79. The minimum Gasteiger partial charge on any atom is -0.352 e. The smallest absolute Gasteiger partial charge is 0.196 e. The monoisotopic (exact) mass is 414 g/mol. The van der Waals surface area contributed by atoms with E-state index in [4.69, 9.17) is 10.7 Å². The van der Waals surface area contributed by atoms with Gasteiger partial charge in [0.05, 0.1) is 6.54 Å². The van der Waals surface area contributed by atoms with Gasteiger partial charge >= 0.3 is 0 Å². The lowest BCUT2D eigenvalue weighted by molar-refractivity contribution is 0.101. The summed E-state index contributed by atoms with van der Waals surface area (Å²) in [5.74, 6) is 0.733. The number of nitrogens with one attached hydrogen (secondary N) is 2. The highest BCUT2D eigenvalue weighted by Crippen LogP contribution is 2.20. The minimum atomic E-state index is 0.0418. The van der Waals surface area contributed by atoms with Crippen molar-refractivity contribution in [2.45, 2.75) is 51.2 Å². The molecule has 31 heavy (non-hydrogen) atoms. The van der Waals surface area contributed by atoms with Crippen molar-refractivity contribution in [3.63, 3.8) is 0 Å². The number of guanidine groups is 1. The highest BCUT2D eigenvalue weighted by atomic mass is 16.1. The lowest BCUT2D eigenvalue weighted by atomic mass is 9.91. The second kappa shape index (κ2) is 9.75. The van der Waals surface area contributed by atoms with Gasteiger partial charge in [0, 0.05) is 23.3 Å². The number of anilines is 1. The zero-order valence-corrected chi connectivity index (χ0v) is 18.0. The van der Waals surface area contributed by atoms with E-state index < -0.39 is 0 Å². The molecule has 4 rings (SSSR count). The first kappa shape index (κ1) is 21.1. The van der Waals surface area contributed by atoms with E-state index in [9.17, 15) is 4.79 Å². The highest BCUT2D eigenvalue weighted by Gasteiger charge is 2.22. The van der Waals surface area contributed by atoms with Gasteiger partial charge in [0.1, 0.15) is 0 Å². The Balaban J connectivity index is 1.60. The topological polar surface area (TPSA) is 79.5 Å². The Morgan fingerprint density at radius 2 is 1.81 bits per heavy atom. The molecule has 160 valence electrons. The molecule has 0 radical (unpaired) electrons. The van der Waals surface area contributed by atoms with Crippen LogP contribution >= 0.6 is 0 Å². The zero-order chi connectivity index (χ0) is 21.6. The molecule has 0 spiro atoms. The van der Waals surface area contributed by atoms with Gasteiger partial charge in [-0.25, -0.2) is 4.99 Å². The standard InChI is InChI=1S/C26H30N4O/c1-18(31)20-10-7-12-22(16-20)29-26(30-25-15-5-4-14-24(25)27)28-17-21-11-6-9-19-8-2-3-13-23(19)21/h2-3,6-13,16,24-25H,4-5,14-15,17,27H2,1H3,(H2,28,29,30)/t24-,25-/m0/s1. The molecule has 0 aromatic heterocycles. The number of rotatable bonds is 5. The van der Waals surface area contributed by atoms with Crippen LogP contribution in [0.3, 0.4) is 0 Å². The van der Waals surface area contributed by atoms with Crippen LogP contribution in [0.5, 0.6) is 0 Å². The highest BCUT2D eigenvalue weighted by molar-refractivity contribution is 5.98. The zero-order valence-electron chi connectivity index (χ0n) is 18.0. The van der Waals surface area contributed by atoms with Gasteiger partial charge in [-0.2, -0.15) is 0 Å². The van der Waals surface area contributed by atoms with Gasteiger partial charge in [-0.1, -0.05) is 67.4 Å². The molecule has 3 aromatic carbocycles. The Morgan fingerprint density at radius 1 is 1.03 bits per heavy atom. The molecule has 1 aliphatic carbocycles. The van der Waals surface area contributed by atoms with Gasteiger partial charge in [-0.3, -0.25) is 4.79 Å². The number of nitrogens with zero attached hydrogens (tertiary/aromatic N) is 1. The van der Waals surface area contributed by atoms with Crippen molar-refractivity contribution in [3.05, 3.63) is 77.9 Å². The Kier molecular flexibility index (Phi) is 6.63. The van der Waals surface area contributed by atoms with Crippen molar-refractivity contribution in [1.82, 2.24) is 5.32 Å². The number of nitrogens with two attached hydrogens (primary N) is 1. The summed E-state index contributed by atoms with van der Waals surface area (Å²) in [7, 11) is 0. The molecule has 4 N–H and O–H groups in total. The second-order valence-electron chi connectivity index (χ2n) is 8.26. The van der Waals surface area contributed by atoms with Crippen molar-refractivity contribution in [3.8, 4) is 0 Å². The van der Waals surface area contributed by atoms with E-state index in [1.807, 2.05) is 24.3 Å². The second-order valence-corrected chi connectivity index (χ2v) is 8.26. The van der Waals surface area contributed by atoms with Crippen molar-refractivity contribution < 1.29 is 4.79 Å². The fourth-order valence-corrected chi connectivity index (χ4v) is 4.18. The number of fused-ring (bicyclic) bond motifs is 1. The maximum absolute atomic E-state index is 11.8. The van der Waals surface area contributed by atoms with E-state index in [1.54, 1.807) is 6.92 Å². The summed E-state index contributed by atoms with van der Waals surface area (Å²) < 4.78 is 0. The molecule has 5 nitrogen and oxygen atoms in total. The predicted octanol–water partition coefficient (Wildman–Crippen LogP) is 4.87.